The second kappa shape index (κ2) is 7.43. The molecular formula is C23H22ClN3O3. The molecule has 30 heavy (non-hydrogen) atoms. The van der Waals surface area contributed by atoms with E-state index in [0.29, 0.717) is 41.8 Å². The summed E-state index contributed by atoms with van der Waals surface area (Å²) >= 11 is 6.14. The van der Waals surface area contributed by atoms with Crippen LogP contribution in [0.15, 0.2) is 36.4 Å². The van der Waals surface area contributed by atoms with Crippen molar-refractivity contribution < 1.29 is 14.3 Å². The SMILES string of the molecule is Cn1nc(C2CCN(C(=O)c3ccc4c(c3)CC(=O)CO4)CC2)c2ccc(Cl)cc21. The van der Waals surface area contributed by atoms with Crippen molar-refractivity contribution in [1.82, 2.24) is 14.7 Å². The number of carbonyl (C=O) groups excluding carboxylic acids is 2. The van der Waals surface area contributed by atoms with E-state index >= 15 is 0 Å². The topological polar surface area (TPSA) is 64.4 Å². The van der Waals surface area contributed by atoms with Crippen molar-refractivity contribution in [3.05, 3.63) is 58.2 Å². The van der Waals surface area contributed by atoms with Gasteiger partial charge in [0.05, 0.1) is 11.2 Å². The Morgan fingerprint density at radius 2 is 1.97 bits per heavy atom. The molecule has 2 aliphatic rings. The molecule has 7 heteroatoms. The number of ether oxygens (including phenoxy) is 1. The standard InChI is InChI=1S/C23H22ClN3O3/c1-26-20-12-17(24)3-4-19(20)22(25-26)14-6-8-27(9-7-14)23(29)15-2-5-21-16(10-15)11-18(28)13-30-21/h2-5,10,12,14H,6-9,11,13H2,1H3. The van der Waals surface area contributed by atoms with Gasteiger partial charge in [-0.3, -0.25) is 14.3 Å². The zero-order chi connectivity index (χ0) is 20.8. The number of piperidine rings is 1. The van der Waals surface area contributed by atoms with E-state index in [1.54, 1.807) is 18.2 Å². The van der Waals surface area contributed by atoms with E-state index in [-0.39, 0.29) is 18.3 Å². The van der Waals surface area contributed by atoms with Gasteiger partial charge in [-0.1, -0.05) is 11.6 Å². The molecule has 0 unspecified atom stereocenters. The van der Waals surface area contributed by atoms with E-state index in [1.807, 2.05) is 34.8 Å². The van der Waals surface area contributed by atoms with E-state index in [9.17, 15) is 9.59 Å². The monoisotopic (exact) mass is 423 g/mol. The number of Topliss-reactive ketones (excluding diaryl/α,β-unsaturated/α-hetero) is 1. The zero-order valence-electron chi connectivity index (χ0n) is 16.7. The fourth-order valence-electron chi connectivity index (χ4n) is 4.51. The Bertz CT molecular complexity index is 1160. The molecule has 2 aromatic carbocycles. The number of hydrogen-bond acceptors (Lipinski definition) is 4. The summed E-state index contributed by atoms with van der Waals surface area (Å²) in [6.45, 7) is 1.48. The molecule has 3 aromatic rings. The van der Waals surface area contributed by atoms with Crippen LogP contribution in [0.2, 0.25) is 5.02 Å². The fraction of sp³-hybridized carbons (Fsp3) is 0.348. The number of ketones is 1. The van der Waals surface area contributed by atoms with E-state index in [0.717, 1.165) is 35.0 Å². The van der Waals surface area contributed by atoms with Crippen molar-refractivity contribution in [2.45, 2.75) is 25.2 Å². The van der Waals surface area contributed by atoms with Gasteiger partial charge in [0.1, 0.15) is 12.4 Å². The highest BCUT2D eigenvalue weighted by atomic mass is 35.5. The molecule has 0 bridgehead atoms. The molecule has 0 atom stereocenters. The van der Waals surface area contributed by atoms with Gasteiger partial charge in [-0.15, -0.1) is 0 Å². The zero-order valence-corrected chi connectivity index (χ0v) is 17.5. The number of halogens is 1. The maximum Gasteiger partial charge on any atom is 0.253 e. The predicted octanol–water partition coefficient (Wildman–Crippen LogP) is 3.75. The average molecular weight is 424 g/mol. The fourth-order valence-corrected chi connectivity index (χ4v) is 4.68. The third-order valence-corrected chi connectivity index (χ3v) is 6.33. The van der Waals surface area contributed by atoms with Crippen LogP contribution in [0.25, 0.3) is 10.9 Å². The Labute approximate surface area is 179 Å². The molecule has 6 nitrogen and oxygen atoms in total. The van der Waals surface area contributed by atoms with E-state index in [4.69, 9.17) is 21.4 Å². The van der Waals surface area contributed by atoms with Crippen molar-refractivity contribution >= 4 is 34.2 Å². The second-order valence-electron chi connectivity index (χ2n) is 8.06. The molecule has 5 rings (SSSR count). The number of fused-ring (bicyclic) bond motifs is 2. The molecule has 0 saturated carbocycles. The maximum absolute atomic E-state index is 13.0. The maximum atomic E-state index is 13.0. The number of likely N-dealkylation sites (tertiary alicyclic amines) is 1. The number of aryl methyl sites for hydroxylation is 1. The van der Waals surface area contributed by atoms with Crippen LogP contribution < -0.4 is 4.74 Å². The van der Waals surface area contributed by atoms with Crippen LogP contribution in [0.3, 0.4) is 0 Å². The van der Waals surface area contributed by atoms with Gasteiger partial charge in [-0.05, 0) is 49.2 Å². The van der Waals surface area contributed by atoms with Gasteiger partial charge in [-0.25, -0.2) is 0 Å². The van der Waals surface area contributed by atoms with Crippen molar-refractivity contribution in [3.8, 4) is 5.75 Å². The second-order valence-corrected chi connectivity index (χ2v) is 8.50. The van der Waals surface area contributed by atoms with Crippen LogP contribution in [-0.4, -0.2) is 46.1 Å². The lowest BCUT2D eigenvalue weighted by Gasteiger charge is -2.31. The summed E-state index contributed by atoms with van der Waals surface area (Å²) in [5.74, 6) is 1.06. The molecule has 1 fully saturated rings. The van der Waals surface area contributed by atoms with Gasteiger partial charge in [0.15, 0.2) is 5.78 Å². The average Bonchev–Trinajstić information content (AvgIpc) is 3.08. The van der Waals surface area contributed by atoms with Crippen LogP contribution in [0.5, 0.6) is 5.75 Å². The summed E-state index contributed by atoms with van der Waals surface area (Å²) in [4.78, 5) is 26.6. The number of carbonyl (C=O) groups is 2. The molecule has 1 saturated heterocycles. The first kappa shape index (κ1) is 19.1. The minimum absolute atomic E-state index is 0.00642. The Balaban J connectivity index is 1.31. The number of aromatic nitrogens is 2. The Hall–Kier alpha value is -2.86. The van der Waals surface area contributed by atoms with Gasteiger partial charge in [0.25, 0.3) is 5.91 Å². The summed E-state index contributed by atoms with van der Waals surface area (Å²) in [6, 6.07) is 11.3. The summed E-state index contributed by atoms with van der Waals surface area (Å²) < 4.78 is 7.31. The van der Waals surface area contributed by atoms with Gasteiger partial charge in [-0.2, -0.15) is 5.10 Å². The van der Waals surface area contributed by atoms with Crippen LogP contribution >= 0.6 is 11.6 Å². The molecule has 2 aliphatic heterocycles. The van der Waals surface area contributed by atoms with Crippen molar-refractivity contribution in [1.29, 1.82) is 0 Å². The highest BCUT2D eigenvalue weighted by Gasteiger charge is 2.28. The van der Waals surface area contributed by atoms with E-state index < -0.39 is 0 Å². The van der Waals surface area contributed by atoms with Crippen LogP contribution in [0.4, 0.5) is 0 Å². The number of hydrogen-bond donors (Lipinski definition) is 0. The number of rotatable bonds is 2. The number of benzene rings is 2. The lowest BCUT2D eigenvalue weighted by molar-refractivity contribution is -0.121. The first-order valence-electron chi connectivity index (χ1n) is 10.2. The molecule has 0 N–H and O–H groups in total. The molecule has 0 spiro atoms. The summed E-state index contributed by atoms with van der Waals surface area (Å²) in [5.41, 5.74) is 3.52. The molecule has 1 amide bonds. The van der Waals surface area contributed by atoms with Gasteiger partial charge in [0, 0.05) is 54.0 Å². The van der Waals surface area contributed by atoms with E-state index in [1.165, 1.54) is 0 Å². The number of nitrogens with zero attached hydrogens (tertiary/aromatic N) is 3. The third-order valence-electron chi connectivity index (χ3n) is 6.09. The summed E-state index contributed by atoms with van der Waals surface area (Å²) in [6.07, 6.45) is 2.06. The highest BCUT2D eigenvalue weighted by Crippen LogP contribution is 2.34. The smallest absolute Gasteiger partial charge is 0.253 e. The van der Waals surface area contributed by atoms with Crippen molar-refractivity contribution in [3.63, 3.8) is 0 Å². The number of amides is 1. The highest BCUT2D eigenvalue weighted by molar-refractivity contribution is 6.31. The first-order chi connectivity index (χ1) is 14.5. The molecule has 0 aliphatic carbocycles. The van der Waals surface area contributed by atoms with Gasteiger partial charge >= 0.3 is 0 Å². The normalized spacial score (nSPS) is 17.1. The van der Waals surface area contributed by atoms with Crippen LogP contribution in [-0.2, 0) is 18.3 Å². The quantitative estimate of drug-likeness (QED) is 0.629. The Morgan fingerprint density at radius 3 is 2.77 bits per heavy atom. The molecule has 1 aromatic heterocycles. The minimum Gasteiger partial charge on any atom is -0.486 e. The summed E-state index contributed by atoms with van der Waals surface area (Å²) in [5, 5.41) is 6.58. The van der Waals surface area contributed by atoms with E-state index in [2.05, 4.69) is 0 Å². The third kappa shape index (κ3) is 3.35. The lowest BCUT2D eigenvalue weighted by atomic mass is 9.91. The minimum atomic E-state index is 0.00642. The molecule has 0 radical (unpaired) electrons. The lowest BCUT2D eigenvalue weighted by Crippen LogP contribution is -2.38. The Morgan fingerprint density at radius 1 is 1.17 bits per heavy atom. The van der Waals surface area contributed by atoms with Crippen molar-refractivity contribution in [2.24, 2.45) is 7.05 Å². The largest absolute Gasteiger partial charge is 0.486 e. The molecular weight excluding hydrogens is 402 g/mol. The van der Waals surface area contributed by atoms with Gasteiger partial charge in [0.2, 0.25) is 0 Å². The van der Waals surface area contributed by atoms with Crippen molar-refractivity contribution in [2.75, 3.05) is 19.7 Å². The predicted molar refractivity (Wildman–Crippen MR) is 114 cm³/mol. The summed E-state index contributed by atoms with van der Waals surface area (Å²) in [7, 11) is 1.94. The van der Waals surface area contributed by atoms with Crippen LogP contribution in [0.1, 0.15) is 40.4 Å². The first-order valence-corrected chi connectivity index (χ1v) is 10.6. The van der Waals surface area contributed by atoms with Gasteiger partial charge < -0.3 is 9.64 Å². The van der Waals surface area contributed by atoms with Crippen LogP contribution in [0, 0.1) is 0 Å². The molecule has 3 heterocycles. The molecule has 154 valence electrons. The Kier molecular flexibility index (Phi) is 4.74.